The largest absolute Gasteiger partial charge is 0.573 e. The Kier molecular flexibility index (Phi) is 6.79. The van der Waals surface area contributed by atoms with Crippen LogP contribution in [0.2, 0.25) is 0 Å². The number of sulfone groups is 1. The van der Waals surface area contributed by atoms with Crippen molar-refractivity contribution in [1.82, 2.24) is 15.2 Å². The Morgan fingerprint density at radius 3 is 2.41 bits per heavy atom. The standard InChI is InChI=1S/C19H23F3N4O5S/c1-18(2,32(28,29)11-12-7-9-30-10-8-12)16(27)24-17-23-15(25-26-17)13-3-5-14(6-4-13)31-19(20,21)22/h3-6,12H,7-11H2,1-2H3,(H2,23,24,25,26,27). The van der Waals surface area contributed by atoms with E-state index in [0.29, 0.717) is 31.6 Å². The number of halogens is 3. The Bertz CT molecular complexity index is 1050. The third-order valence-electron chi connectivity index (χ3n) is 5.20. The zero-order valence-corrected chi connectivity index (χ0v) is 18.2. The highest BCUT2D eigenvalue weighted by Gasteiger charge is 2.43. The van der Waals surface area contributed by atoms with Gasteiger partial charge in [0.2, 0.25) is 11.9 Å². The molecule has 0 saturated carbocycles. The maximum Gasteiger partial charge on any atom is 0.573 e. The van der Waals surface area contributed by atoms with Crippen LogP contribution in [0.1, 0.15) is 26.7 Å². The molecule has 3 rings (SSSR count). The summed E-state index contributed by atoms with van der Waals surface area (Å²) in [6.45, 7) is 3.65. The van der Waals surface area contributed by atoms with Crippen molar-refractivity contribution >= 4 is 21.7 Å². The summed E-state index contributed by atoms with van der Waals surface area (Å²) in [5, 5.41) is 10.0. The van der Waals surface area contributed by atoms with Crippen LogP contribution in [-0.4, -0.2) is 59.6 Å². The molecule has 32 heavy (non-hydrogen) atoms. The predicted molar refractivity (Wildman–Crippen MR) is 109 cm³/mol. The van der Waals surface area contributed by atoms with E-state index in [4.69, 9.17) is 4.74 Å². The zero-order chi connectivity index (χ0) is 23.6. The summed E-state index contributed by atoms with van der Waals surface area (Å²) in [5.41, 5.74) is 0.388. The van der Waals surface area contributed by atoms with Crippen molar-refractivity contribution in [2.24, 2.45) is 5.92 Å². The molecule has 0 bridgehead atoms. The normalized spacial score (nSPS) is 16.0. The summed E-state index contributed by atoms with van der Waals surface area (Å²) >= 11 is 0. The average Bonchev–Trinajstić information content (AvgIpc) is 3.16. The third-order valence-corrected chi connectivity index (χ3v) is 7.85. The fourth-order valence-electron chi connectivity index (χ4n) is 3.09. The van der Waals surface area contributed by atoms with Crippen LogP contribution < -0.4 is 10.1 Å². The van der Waals surface area contributed by atoms with Crippen molar-refractivity contribution in [2.45, 2.75) is 37.8 Å². The van der Waals surface area contributed by atoms with E-state index >= 15 is 0 Å². The van der Waals surface area contributed by atoms with Gasteiger partial charge in [-0.05, 0) is 56.9 Å². The minimum atomic E-state index is -4.80. The number of anilines is 1. The number of aromatic nitrogens is 3. The number of rotatable bonds is 7. The molecule has 1 aromatic carbocycles. The summed E-state index contributed by atoms with van der Waals surface area (Å²) in [6, 6.07) is 4.87. The summed E-state index contributed by atoms with van der Waals surface area (Å²) < 4.78 is 69.9. The van der Waals surface area contributed by atoms with E-state index in [9.17, 15) is 26.4 Å². The van der Waals surface area contributed by atoms with Gasteiger partial charge in [-0.1, -0.05) is 0 Å². The van der Waals surface area contributed by atoms with Gasteiger partial charge >= 0.3 is 6.36 Å². The number of amides is 1. The van der Waals surface area contributed by atoms with Crippen molar-refractivity contribution in [3.63, 3.8) is 0 Å². The summed E-state index contributed by atoms with van der Waals surface area (Å²) in [4.78, 5) is 15.4. The van der Waals surface area contributed by atoms with E-state index in [1.165, 1.54) is 26.0 Å². The second kappa shape index (κ2) is 9.06. The highest BCUT2D eigenvalue weighted by Crippen LogP contribution is 2.27. The number of nitrogens with one attached hydrogen (secondary N) is 2. The number of H-pyrrole nitrogens is 1. The topological polar surface area (TPSA) is 123 Å². The maximum absolute atomic E-state index is 12.9. The fourth-order valence-corrected chi connectivity index (χ4v) is 4.80. The Morgan fingerprint density at radius 2 is 1.81 bits per heavy atom. The number of alkyl halides is 3. The number of aromatic amines is 1. The number of hydrogen-bond donors (Lipinski definition) is 2. The first-order chi connectivity index (χ1) is 14.9. The molecule has 2 heterocycles. The van der Waals surface area contributed by atoms with E-state index in [1.54, 1.807) is 0 Å². The molecule has 176 valence electrons. The van der Waals surface area contributed by atoms with Crippen LogP contribution in [0.25, 0.3) is 11.4 Å². The average molecular weight is 476 g/mol. The first kappa shape index (κ1) is 24.0. The Labute approximate surface area is 182 Å². The monoisotopic (exact) mass is 476 g/mol. The second-order valence-corrected chi connectivity index (χ2v) is 10.5. The minimum absolute atomic E-state index is 0.0676. The lowest BCUT2D eigenvalue weighted by molar-refractivity contribution is -0.274. The Morgan fingerprint density at radius 1 is 1.19 bits per heavy atom. The van der Waals surface area contributed by atoms with Crippen LogP contribution in [0.3, 0.4) is 0 Å². The van der Waals surface area contributed by atoms with Gasteiger partial charge in [0.1, 0.15) is 10.5 Å². The second-order valence-electron chi connectivity index (χ2n) is 7.90. The van der Waals surface area contributed by atoms with Crippen LogP contribution in [0.15, 0.2) is 24.3 Å². The van der Waals surface area contributed by atoms with Crippen molar-refractivity contribution in [3.05, 3.63) is 24.3 Å². The highest BCUT2D eigenvalue weighted by atomic mass is 32.2. The number of carbonyl (C=O) groups is 1. The van der Waals surface area contributed by atoms with Gasteiger partial charge in [-0.25, -0.2) is 8.42 Å². The predicted octanol–water partition coefficient (Wildman–Crippen LogP) is 2.93. The molecule has 2 N–H and O–H groups in total. The number of ether oxygens (including phenoxy) is 2. The minimum Gasteiger partial charge on any atom is -0.406 e. The number of carbonyl (C=O) groups excluding carboxylic acids is 1. The molecular weight excluding hydrogens is 453 g/mol. The molecule has 1 amide bonds. The van der Waals surface area contributed by atoms with E-state index < -0.39 is 32.6 Å². The van der Waals surface area contributed by atoms with Crippen molar-refractivity contribution in [3.8, 4) is 17.1 Å². The molecule has 1 aliphatic heterocycles. The van der Waals surface area contributed by atoms with E-state index in [-0.39, 0.29) is 23.4 Å². The molecule has 0 unspecified atom stereocenters. The molecule has 0 atom stereocenters. The lowest BCUT2D eigenvalue weighted by Gasteiger charge is -2.28. The van der Waals surface area contributed by atoms with Crippen LogP contribution in [0.5, 0.6) is 5.75 Å². The molecule has 0 radical (unpaired) electrons. The maximum atomic E-state index is 12.9. The van der Waals surface area contributed by atoms with Gasteiger partial charge in [0, 0.05) is 18.8 Å². The molecule has 1 aromatic heterocycles. The van der Waals surface area contributed by atoms with Crippen molar-refractivity contribution < 1.29 is 35.9 Å². The lowest BCUT2D eigenvalue weighted by Crippen LogP contribution is -2.47. The van der Waals surface area contributed by atoms with Crippen molar-refractivity contribution in [2.75, 3.05) is 24.3 Å². The Balaban J connectivity index is 1.66. The van der Waals surface area contributed by atoms with Gasteiger partial charge in [0.25, 0.3) is 0 Å². The van der Waals surface area contributed by atoms with Gasteiger partial charge in [-0.3, -0.25) is 10.1 Å². The van der Waals surface area contributed by atoms with Crippen LogP contribution in [0.4, 0.5) is 19.1 Å². The van der Waals surface area contributed by atoms with Gasteiger partial charge in [-0.15, -0.1) is 23.4 Å². The molecule has 1 saturated heterocycles. The highest BCUT2D eigenvalue weighted by molar-refractivity contribution is 7.93. The number of nitrogens with zero attached hydrogens (tertiary/aromatic N) is 2. The van der Waals surface area contributed by atoms with E-state index in [2.05, 4.69) is 25.2 Å². The van der Waals surface area contributed by atoms with Crippen LogP contribution in [0, 0.1) is 5.92 Å². The molecule has 9 nitrogen and oxygen atoms in total. The molecule has 1 aliphatic rings. The van der Waals surface area contributed by atoms with Gasteiger partial charge in [0.15, 0.2) is 15.7 Å². The van der Waals surface area contributed by atoms with Crippen LogP contribution in [-0.2, 0) is 19.4 Å². The summed E-state index contributed by atoms with van der Waals surface area (Å²) in [7, 11) is -3.78. The van der Waals surface area contributed by atoms with Crippen molar-refractivity contribution in [1.29, 1.82) is 0 Å². The molecule has 1 fully saturated rings. The molecule has 13 heteroatoms. The zero-order valence-electron chi connectivity index (χ0n) is 17.4. The van der Waals surface area contributed by atoms with Gasteiger partial charge < -0.3 is 14.5 Å². The first-order valence-corrected chi connectivity index (χ1v) is 11.4. The van der Waals surface area contributed by atoms with E-state index in [0.717, 1.165) is 12.1 Å². The molecule has 0 aliphatic carbocycles. The first-order valence-electron chi connectivity index (χ1n) is 9.78. The molecule has 2 aromatic rings. The number of hydrogen-bond acceptors (Lipinski definition) is 7. The SMILES string of the molecule is CC(C)(C(=O)Nc1nnc(-c2ccc(OC(F)(F)F)cc2)[nH]1)S(=O)(=O)CC1CCOCC1. The summed E-state index contributed by atoms with van der Waals surface area (Å²) in [6.07, 6.45) is -3.56. The van der Waals surface area contributed by atoms with Crippen LogP contribution >= 0.6 is 0 Å². The number of benzene rings is 1. The van der Waals surface area contributed by atoms with Gasteiger partial charge in [0.05, 0.1) is 5.75 Å². The fraction of sp³-hybridized carbons (Fsp3) is 0.526. The smallest absolute Gasteiger partial charge is 0.406 e. The lowest BCUT2D eigenvalue weighted by atomic mass is 10.0. The Hall–Kier alpha value is -2.67. The van der Waals surface area contributed by atoms with Gasteiger partial charge in [-0.2, -0.15) is 0 Å². The third kappa shape index (κ3) is 5.76. The van der Waals surface area contributed by atoms with E-state index in [1.807, 2.05) is 0 Å². The quantitative estimate of drug-likeness (QED) is 0.630. The molecular formula is C19H23F3N4O5S. The molecule has 0 spiro atoms. The summed E-state index contributed by atoms with van der Waals surface area (Å²) in [5.74, 6) is -1.28.